The lowest BCUT2D eigenvalue weighted by Crippen LogP contribution is -2.01. The number of ether oxygens (including phenoxy) is 1. The number of hydrogen-bond donors (Lipinski definition) is 1. The molecule has 0 radical (unpaired) electrons. The number of nitrogens with zero attached hydrogens (tertiary/aromatic N) is 1. The molecule has 0 spiro atoms. The largest absolute Gasteiger partial charge is 0.477 e. The topological polar surface area (TPSA) is 59.4 Å². The van der Waals surface area contributed by atoms with E-state index in [1.165, 1.54) is 30.5 Å². The van der Waals surface area contributed by atoms with E-state index in [4.69, 9.17) is 9.84 Å². The van der Waals surface area contributed by atoms with Gasteiger partial charge in [-0.15, -0.1) is 0 Å². The smallest absolute Gasteiger partial charge is 0.341 e. The van der Waals surface area contributed by atoms with Gasteiger partial charge in [-0.3, -0.25) is 0 Å². The number of rotatable bonds is 3. The van der Waals surface area contributed by atoms with Crippen molar-refractivity contribution in [3.05, 3.63) is 52.4 Å². The van der Waals surface area contributed by atoms with Crippen LogP contribution in [0.15, 0.2) is 41.0 Å². The first-order valence-corrected chi connectivity index (χ1v) is 5.68. The molecule has 4 nitrogen and oxygen atoms in total. The molecule has 0 amide bonds. The first kappa shape index (κ1) is 12.5. The zero-order chi connectivity index (χ0) is 13.1. The number of pyridine rings is 1. The molecule has 6 heteroatoms. The molecule has 0 aliphatic rings. The predicted molar refractivity (Wildman–Crippen MR) is 65.4 cm³/mol. The van der Waals surface area contributed by atoms with Crippen molar-refractivity contribution in [2.75, 3.05) is 0 Å². The van der Waals surface area contributed by atoms with Crippen LogP contribution >= 0.6 is 15.9 Å². The van der Waals surface area contributed by atoms with Crippen molar-refractivity contribution < 1.29 is 19.0 Å². The molecule has 0 saturated heterocycles. The monoisotopic (exact) mass is 311 g/mol. The third kappa shape index (κ3) is 2.65. The first-order chi connectivity index (χ1) is 8.58. The van der Waals surface area contributed by atoms with E-state index in [1.807, 2.05) is 0 Å². The van der Waals surface area contributed by atoms with Crippen LogP contribution in [0.25, 0.3) is 0 Å². The maximum Gasteiger partial charge on any atom is 0.341 e. The molecule has 1 heterocycles. The summed E-state index contributed by atoms with van der Waals surface area (Å²) in [4.78, 5) is 14.8. The van der Waals surface area contributed by atoms with Gasteiger partial charge in [0.1, 0.15) is 17.1 Å². The normalized spacial score (nSPS) is 10.1. The Hall–Kier alpha value is -1.95. The van der Waals surface area contributed by atoms with Gasteiger partial charge in [0.15, 0.2) is 0 Å². The third-order valence-corrected chi connectivity index (χ3v) is 2.76. The average Bonchev–Trinajstić information content (AvgIpc) is 2.34. The lowest BCUT2D eigenvalue weighted by Gasteiger charge is -2.08. The van der Waals surface area contributed by atoms with Crippen LogP contribution in [0.2, 0.25) is 0 Å². The molecule has 0 aliphatic heterocycles. The molecule has 18 heavy (non-hydrogen) atoms. The summed E-state index contributed by atoms with van der Waals surface area (Å²) in [6.45, 7) is 0. The second-order valence-corrected chi connectivity index (χ2v) is 4.19. The van der Waals surface area contributed by atoms with E-state index in [0.29, 0.717) is 4.47 Å². The molecular weight excluding hydrogens is 305 g/mol. The van der Waals surface area contributed by atoms with Gasteiger partial charge in [-0.1, -0.05) is 0 Å². The number of hydrogen-bond acceptors (Lipinski definition) is 3. The van der Waals surface area contributed by atoms with Crippen molar-refractivity contribution in [3.8, 4) is 11.6 Å². The fraction of sp³-hybridized carbons (Fsp3) is 0. The highest BCUT2D eigenvalue weighted by Gasteiger charge is 2.14. The SMILES string of the molecule is O=C(O)c1cccnc1Oc1cc(F)ccc1Br. The maximum absolute atomic E-state index is 13.1. The van der Waals surface area contributed by atoms with E-state index in [2.05, 4.69) is 20.9 Å². The second-order valence-electron chi connectivity index (χ2n) is 3.34. The van der Waals surface area contributed by atoms with Crippen LogP contribution in [0.4, 0.5) is 4.39 Å². The van der Waals surface area contributed by atoms with Crippen molar-refractivity contribution in [3.63, 3.8) is 0 Å². The quantitative estimate of drug-likeness (QED) is 0.943. The molecule has 2 rings (SSSR count). The number of halogens is 2. The zero-order valence-corrected chi connectivity index (χ0v) is 10.5. The Balaban J connectivity index is 2.40. The van der Waals surface area contributed by atoms with Gasteiger partial charge in [0, 0.05) is 12.3 Å². The van der Waals surface area contributed by atoms with E-state index in [9.17, 15) is 9.18 Å². The van der Waals surface area contributed by atoms with Crippen molar-refractivity contribution >= 4 is 21.9 Å². The molecule has 2 aromatic rings. The lowest BCUT2D eigenvalue weighted by molar-refractivity contribution is 0.0693. The van der Waals surface area contributed by atoms with Gasteiger partial charge in [0.2, 0.25) is 5.88 Å². The minimum atomic E-state index is -1.16. The summed E-state index contributed by atoms with van der Waals surface area (Å²) in [6, 6.07) is 6.71. The predicted octanol–water partition coefficient (Wildman–Crippen LogP) is 3.47. The van der Waals surface area contributed by atoms with Gasteiger partial charge in [0.05, 0.1) is 4.47 Å². The summed E-state index contributed by atoms with van der Waals surface area (Å²) in [5.41, 5.74) is -0.0892. The van der Waals surface area contributed by atoms with Gasteiger partial charge >= 0.3 is 5.97 Å². The van der Waals surface area contributed by atoms with E-state index in [-0.39, 0.29) is 17.2 Å². The molecule has 1 aromatic heterocycles. The van der Waals surface area contributed by atoms with Crippen molar-refractivity contribution in [2.24, 2.45) is 0 Å². The van der Waals surface area contributed by atoms with Crippen LogP contribution < -0.4 is 4.74 Å². The molecule has 0 fully saturated rings. The second kappa shape index (κ2) is 5.14. The molecular formula is C12H7BrFNO3. The van der Waals surface area contributed by atoms with Crippen LogP contribution in [-0.4, -0.2) is 16.1 Å². The van der Waals surface area contributed by atoms with E-state index in [1.54, 1.807) is 0 Å². The Morgan fingerprint density at radius 3 is 2.89 bits per heavy atom. The van der Waals surface area contributed by atoms with E-state index >= 15 is 0 Å². The zero-order valence-electron chi connectivity index (χ0n) is 8.93. The molecule has 1 aromatic carbocycles. The number of benzene rings is 1. The summed E-state index contributed by atoms with van der Waals surface area (Å²) in [5.74, 6) is -1.57. The summed E-state index contributed by atoms with van der Waals surface area (Å²) >= 11 is 3.18. The number of carboxylic acid groups (broad SMARTS) is 1. The number of aromatic nitrogens is 1. The fourth-order valence-electron chi connectivity index (χ4n) is 1.29. The van der Waals surface area contributed by atoms with Gasteiger partial charge in [-0.2, -0.15) is 0 Å². The number of carbonyl (C=O) groups is 1. The third-order valence-electron chi connectivity index (χ3n) is 2.10. The van der Waals surface area contributed by atoms with E-state index in [0.717, 1.165) is 6.07 Å². The highest BCUT2D eigenvalue weighted by atomic mass is 79.9. The van der Waals surface area contributed by atoms with Crippen LogP contribution in [0.1, 0.15) is 10.4 Å². The summed E-state index contributed by atoms with van der Waals surface area (Å²) in [6.07, 6.45) is 1.40. The standard InChI is InChI=1S/C12H7BrFNO3/c13-9-4-3-7(14)6-10(9)18-11-8(12(16)17)2-1-5-15-11/h1-6H,(H,16,17). The molecule has 0 aliphatic carbocycles. The maximum atomic E-state index is 13.1. The Kier molecular flexibility index (Phi) is 3.57. The Morgan fingerprint density at radius 1 is 1.39 bits per heavy atom. The molecule has 0 bridgehead atoms. The molecule has 0 saturated carbocycles. The van der Waals surface area contributed by atoms with Gasteiger partial charge in [-0.05, 0) is 40.2 Å². The molecule has 0 atom stereocenters. The lowest BCUT2D eigenvalue weighted by atomic mass is 10.3. The number of carboxylic acids is 1. The molecule has 1 N–H and O–H groups in total. The van der Waals surface area contributed by atoms with Gasteiger partial charge < -0.3 is 9.84 Å². The van der Waals surface area contributed by atoms with Crippen LogP contribution in [0, 0.1) is 5.82 Å². The summed E-state index contributed by atoms with van der Waals surface area (Å²) in [7, 11) is 0. The average molecular weight is 312 g/mol. The van der Waals surface area contributed by atoms with Gasteiger partial charge in [-0.25, -0.2) is 14.2 Å². The van der Waals surface area contributed by atoms with Crippen molar-refractivity contribution in [2.45, 2.75) is 0 Å². The highest BCUT2D eigenvalue weighted by molar-refractivity contribution is 9.10. The Bertz CT molecular complexity index is 604. The van der Waals surface area contributed by atoms with Crippen molar-refractivity contribution in [1.82, 2.24) is 4.98 Å². The summed E-state index contributed by atoms with van der Waals surface area (Å²) in [5, 5.41) is 8.96. The van der Waals surface area contributed by atoms with Crippen LogP contribution in [0.5, 0.6) is 11.6 Å². The highest BCUT2D eigenvalue weighted by Crippen LogP contribution is 2.30. The minimum Gasteiger partial charge on any atom is -0.477 e. The van der Waals surface area contributed by atoms with Crippen molar-refractivity contribution in [1.29, 1.82) is 0 Å². The minimum absolute atomic E-state index is 0.0868. The van der Waals surface area contributed by atoms with Crippen LogP contribution in [0.3, 0.4) is 0 Å². The molecule has 92 valence electrons. The van der Waals surface area contributed by atoms with Crippen LogP contribution in [-0.2, 0) is 0 Å². The molecule has 0 unspecified atom stereocenters. The fourth-order valence-corrected chi connectivity index (χ4v) is 1.62. The van der Waals surface area contributed by atoms with Gasteiger partial charge in [0.25, 0.3) is 0 Å². The Labute approximate surface area is 110 Å². The number of aromatic carboxylic acids is 1. The Morgan fingerprint density at radius 2 is 2.17 bits per heavy atom. The summed E-state index contributed by atoms with van der Waals surface area (Å²) < 4.78 is 18.9. The first-order valence-electron chi connectivity index (χ1n) is 4.89. The van der Waals surface area contributed by atoms with E-state index < -0.39 is 11.8 Å².